The fraction of sp³-hybridized carbons (Fsp3) is 0.500. The van der Waals surface area contributed by atoms with Crippen LogP contribution in [0.3, 0.4) is 0 Å². The van der Waals surface area contributed by atoms with Gasteiger partial charge in [-0.15, -0.1) is 0 Å². The van der Waals surface area contributed by atoms with E-state index in [1.165, 1.54) is 5.56 Å². The van der Waals surface area contributed by atoms with Crippen LogP contribution < -0.4 is 5.32 Å². The van der Waals surface area contributed by atoms with Gasteiger partial charge in [0.25, 0.3) is 0 Å². The highest BCUT2D eigenvalue weighted by Crippen LogP contribution is 2.13. The first-order chi connectivity index (χ1) is 8.66. The van der Waals surface area contributed by atoms with E-state index in [1.807, 2.05) is 29.9 Å². The van der Waals surface area contributed by atoms with Gasteiger partial charge in [0.1, 0.15) is 5.76 Å². The maximum atomic E-state index is 5.55. The van der Waals surface area contributed by atoms with Crippen molar-refractivity contribution in [1.29, 1.82) is 0 Å². The molecule has 0 radical (unpaired) electrons. The third kappa shape index (κ3) is 3.23. The van der Waals surface area contributed by atoms with Crippen molar-refractivity contribution in [3.05, 3.63) is 41.6 Å². The topological polar surface area (TPSA) is 43.0 Å². The lowest BCUT2D eigenvalue weighted by atomic mass is 10.2. The van der Waals surface area contributed by atoms with Crippen molar-refractivity contribution in [1.82, 2.24) is 15.1 Å². The van der Waals surface area contributed by atoms with E-state index in [2.05, 4.69) is 24.3 Å². The van der Waals surface area contributed by atoms with Crippen molar-refractivity contribution in [3.8, 4) is 0 Å². The number of aromatic nitrogens is 2. The van der Waals surface area contributed by atoms with Gasteiger partial charge in [0.15, 0.2) is 0 Å². The summed E-state index contributed by atoms with van der Waals surface area (Å²) in [4.78, 5) is 0. The first-order valence-corrected chi connectivity index (χ1v) is 6.41. The van der Waals surface area contributed by atoms with Crippen LogP contribution in [-0.4, -0.2) is 16.3 Å². The van der Waals surface area contributed by atoms with Gasteiger partial charge in [0.05, 0.1) is 12.8 Å². The average molecular weight is 247 g/mol. The second kappa shape index (κ2) is 5.87. The first kappa shape index (κ1) is 12.9. The van der Waals surface area contributed by atoms with Crippen LogP contribution in [0.2, 0.25) is 0 Å². The van der Waals surface area contributed by atoms with E-state index in [9.17, 15) is 0 Å². The van der Waals surface area contributed by atoms with E-state index in [0.29, 0.717) is 12.5 Å². The predicted octanol–water partition coefficient (Wildman–Crippen LogP) is 2.58. The Hall–Kier alpha value is -1.55. The lowest BCUT2D eigenvalue weighted by Gasteiger charge is -2.08. The minimum absolute atomic E-state index is 0.661. The zero-order valence-electron chi connectivity index (χ0n) is 11.3. The molecule has 0 saturated heterocycles. The fourth-order valence-corrected chi connectivity index (χ4v) is 1.86. The Bertz CT molecular complexity index is 485. The lowest BCUT2D eigenvalue weighted by molar-refractivity contribution is 0.466. The number of hydrogen-bond acceptors (Lipinski definition) is 3. The third-order valence-corrected chi connectivity index (χ3v) is 2.93. The van der Waals surface area contributed by atoms with Crippen molar-refractivity contribution in [2.24, 2.45) is 5.92 Å². The van der Waals surface area contributed by atoms with E-state index in [-0.39, 0.29) is 0 Å². The molecule has 2 aromatic rings. The normalized spacial score (nSPS) is 11.3. The van der Waals surface area contributed by atoms with Gasteiger partial charge < -0.3 is 9.73 Å². The number of rotatable bonds is 6. The molecule has 0 aromatic carbocycles. The van der Waals surface area contributed by atoms with Gasteiger partial charge in [-0.05, 0) is 31.5 Å². The molecule has 1 N–H and O–H groups in total. The smallest absolute Gasteiger partial charge is 0.129 e. The monoisotopic (exact) mass is 247 g/mol. The van der Waals surface area contributed by atoms with Gasteiger partial charge in [-0.25, -0.2) is 0 Å². The summed E-state index contributed by atoms with van der Waals surface area (Å²) in [6.07, 6.45) is 3.56. The third-order valence-electron chi connectivity index (χ3n) is 2.93. The number of nitrogens with zero attached hydrogens (tertiary/aromatic N) is 2. The van der Waals surface area contributed by atoms with Crippen LogP contribution in [0.5, 0.6) is 0 Å². The Balaban J connectivity index is 1.97. The van der Waals surface area contributed by atoms with Crippen molar-refractivity contribution < 1.29 is 4.42 Å². The molecule has 18 heavy (non-hydrogen) atoms. The molecular formula is C14H21N3O. The standard InChI is InChI=1S/C14H21N3O/c1-11(2)8-15-9-13-5-7-18-14(13)10-17-12(3)4-6-16-17/h4-7,11,15H,8-10H2,1-3H3. The van der Waals surface area contributed by atoms with Crippen molar-refractivity contribution >= 4 is 0 Å². The molecular weight excluding hydrogens is 226 g/mol. The van der Waals surface area contributed by atoms with E-state index in [0.717, 1.165) is 24.5 Å². The molecule has 0 amide bonds. The second-order valence-corrected chi connectivity index (χ2v) is 5.02. The van der Waals surface area contributed by atoms with Crippen LogP contribution in [-0.2, 0) is 13.1 Å². The Morgan fingerprint density at radius 1 is 1.39 bits per heavy atom. The van der Waals surface area contributed by atoms with Gasteiger partial charge in [-0.1, -0.05) is 13.8 Å². The van der Waals surface area contributed by atoms with Crippen LogP contribution in [0.1, 0.15) is 30.9 Å². The average Bonchev–Trinajstić information content (AvgIpc) is 2.90. The number of furan rings is 1. The summed E-state index contributed by atoms with van der Waals surface area (Å²) in [6.45, 7) is 9.03. The molecule has 4 heteroatoms. The quantitative estimate of drug-likeness (QED) is 0.853. The Morgan fingerprint density at radius 3 is 2.89 bits per heavy atom. The van der Waals surface area contributed by atoms with Crippen molar-refractivity contribution in [3.63, 3.8) is 0 Å². The van der Waals surface area contributed by atoms with E-state index in [4.69, 9.17) is 4.42 Å². The van der Waals surface area contributed by atoms with Gasteiger partial charge in [-0.3, -0.25) is 4.68 Å². The van der Waals surface area contributed by atoms with E-state index >= 15 is 0 Å². The summed E-state index contributed by atoms with van der Waals surface area (Å²) in [5, 5.41) is 7.71. The predicted molar refractivity (Wildman–Crippen MR) is 71.3 cm³/mol. The summed E-state index contributed by atoms with van der Waals surface area (Å²) in [6, 6.07) is 4.03. The molecule has 4 nitrogen and oxygen atoms in total. The molecule has 0 fully saturated rings. The summed E-state index contributed by atoms with van der Waals surface area (Å²) < 4.78 is 7.50. The van der Waals surface area contributed by atoms with Gasteiger partial charge in [0.2, 0.25) is 0 Å². The van der Waals surface area contributed by atoms with E-state index in [1.54, 1.807) is 6.26 Å². The van der Waals surface area contributed by atoms with Crippen LogP contribution in [0.4, 0.5) is 0 Å². The Kier molecular flexibility index (Phi) is 4.20. The molecule has 0 aliphatic heterocycles. The summed E-state index contributed by atoms with van der Waals surface area (Å²) >= 11 is 0. The lowest BCUT2D eigenvalue weighted by Crippen LogP contribution is -2.19. The number of nitrogens with one attached hydrogen (secondary N) is 1. The molecule has 98 valence electrons. The van der Waals surface area contributed by atoms with Crippen LogP contribution in [0, 0.1) is 12.8 Å². The van der Waals surface area contributed by atoms with E-state index < -0.39 is 0 Å². The Labute approximate surface area is 108 Å². The number of hydrogen-bond donors (Lipinski definition) is 1. The van der Waals surface area contributed by atoms with Crippen molar-refractivity contribution in [2.45, 2.75) is 33.9 Å². The van der Waals surface area contributed by atoms with Gasteiger partial charge >= 0.3 is 0 Å². The highest BCUT2D eigenvalue weighted by molar-refractivity contribution is 5.17. The highest BCUT2D eigenvalue weighted by atomic mass is 16.3. The molecule has 0 bridgehead atoms. The first-order valence-electron chi connectivity index (χ1n) is 6.41. The molecule has 0 aliphatic carbocycles. The van der Waals surface area contributed by atoms with Crippen LogP contribution in [0.25, 0.3) is 0 Å². The molecule has 0 atom stereocenters. The maximum absolute atomic E-state index is 5.55. The van der Waals surface area contributed by atoms with Gasteiger partial charge in [0, 0.05) is 24.0 Å². The molecule has 2 heterocycles. The zero-order valence-corrected chi connectivity index (χ0v) is 11.3. The van der Waals surface area contributed by atoms with Crippen molar-refractivity contribution in [2.75, 3.05) is 6.54 Å². The van der Waals surface area contributed by atoms with Gasteiger partial charge in [-0.2, -0.15) is 5.10 Å². The SMILES string of the molecule is Cc1ccnn1Cc1occc1CNCC(C)C. The summed E-state index contributed by atoms with van der Waals surface area (Å²) in [5.41, 5.74) is 2.36. The summed E-state index contributed by atoms with van der Waals surface area (Å²) in [7, 11) is 0. The zero-order chi connectivity index (χ0) is 13.0. The summed E-state index contributed by atoms with van der Waals surface area (Å²) in [5.74, 6) is 1.65. The highest BCUT2D eigenvalue weighted by Gasteiger charge is 2.08. The minimum Gasteiger partial charge on any atom is -0.467 e. The molecule has 2 aromatic heterocycles. The molecule has 0 spiro atoms. The van der Waals surface area contributed by atoms with Crippen LogP contribution >= 0.6 is 0 Å². The molecule has 2 rings (SSSR count). The minimum atomic E-state index is 0.661. The molecule has 0 unspecified atom stereocenters. The number of aryl methyl sites for hydroxylation is 1. The maximum Gasteiger partial charge on any atom is 0.129 e. The van der Waals surface area contributed by atoms with Crippen LogP contribution in [0.15, 0.2) is 29.0 Å². The fourth-order valence-electron chi connectivity index (χ4n) is 1.86. The molecule has 0 aliphatic rings. The Morgan fingerprint density at radius 2 is 2.22 bits per heavy atom. The molecule has 0 saturated carbocycles. The second-order valence-electron chi connectivity index (χ2n) is 5.02. The largest absolute Gasteiger partial charge is 0.467 e.